The molecule has 1 aliphatic rings. The van der Waals surface area contributed by atoms with Crippen LogP contribution in [0.2, 0.25) is 0 Å². The summed E-state index contributed by atoms with van der Waals surface area (Å²) in [7, 11) is 2.24. The number of benzene rings is 2. The minimum Gasteiger partial charge on any atom is -0.347 e. The first kappa shape index (κ1) is 19.4. The van der Waals surface area contributed by atoms with Gasteiger partial charge in [0.15, 0.2) is 0 Å². The van der Waals surface area contributed by atoms with Gasteiger partial charge in [0.2, 0.25) is 0 Å². The van der Waals surface area contributed by atoms with Crippen LogP contribution in [-0.2, 0) is 6.54 Å². The number of rotatable bonds is 6. The zero-order valence-electron chi connectivity index (χ0n) is 18.2. The van der Waals surface area contributed by atoms with Gasteiger partial charge in [-0.15, -0.1) is 0 Å². The second-order valence-corrected chi connectivity index (χ2v) is 9.05. The molecule has 0 saturated carbocycles. The minimum absolute atomic E-state index is 0.936. The lowest BCUT2D eigenvalue weighted by Crippen LogP contribution is -2.30. The molecule has 4 aromatic rings. The van der Waals surface area contributed by atoms with Crippen molar-refractivity contribution in [2.24, 2.45) is 5.92 Å². The van der Waals surface area contributed by atoms with Crippen LogP contribution in [0.4, 0.5) is 0 Å². The van der Waals surface area contributed by atoms with Crippen molar-refractivity contribution in [3.05, 3.63) is 54.2 Å². The average Bonchev–Trinajstić information content (AvgIpc) is 3.38. The highest BCUT2D eigenvalue weighted by Gasteiger charge is 2.16. The normalized spacial score (nSPS) is 16.1. The first-order valence-corrected chi connectivity index (χ1v) is 11.4. The maximum absolute atomic E-state index is 4.91. The van der Waals surface area contributed by atoms with Crippen LogP contribution in [0.25, 0.3) is 33.3 Å². The Labute approximate surface area is 178 Å². The number of likely N-dealkylation sites (tertiary alicyclic amines) is 1. The summed E-state index contributed by atoms with van der Waals surface area (Å²) in [6.07, 6.45) is 8.97. The number of H-pyrrole nitrogens is 1. The summed E-state index contributed by atoms with van der Waals surface area (Å²) >= 11 is 0. The van der Waals surface area contributed by atoms with E-state index >= 15 is 0 Å². The molecule has 5 rings (SSSR count). The van der Waals surface area contributed by atoms with Crippen molar-refractivity contribution in [3.63, 3.8) is 0 Å². The smallest absolute Gasteiger partial charge is 0.139 e. The van der Waals surface area contributed by atoms with Gasteiger partial charge in [-0.2, -0.15) is 0 Å². The zero-order chi connectivity index (χ0) is 20.5. The van der Waals surface area contributed by atoms with Crippen molar-refractivity contribution in [2.75, 3.05) is 20.1 Å². The fourth-order valence-electron chi connectivity index (χ4n) is 4.99. The maximum atomic E-state index is 4.91. The number of hydrogen-bond donors (Lipinski definition) is 1. The summed E-state index contributed by atoms with van der Waals surface area (Å²) < 4.78 is 2.42. The lowest BCUT2D eigenvalue weighted by atomic mass is 9.92. The Kier molecular flexibility index (Phi) is 5.34. The van der Waals surface area contributed by atoms with Crippen molar-refractivity contribution in [3.8, 4) is 11.4 Å². The number of unbranched alkanes of at least 4 members (excludes halogenated alkanes) is 1. The third kappa shape index (κ3) is 3.77. The molecule has 3 heterocycles. The van der Waals surface area contributed by atoms with E-state index in [-0.39, 0.29) is 0 Å². The van der Waals surface area contributed by atoms with Gasteiger partial charge in [0.25, 0.3) is 0 Å². The van der Waals surface area contributed by atoms with Crippen molar-refractivity contribution >= 4 is 21.9 Å². The molecule has 0 unspecified atom stereocenters. The molecule has 0 aliphatic carbocycles. The van der Waals surface area contributed by atoms with Gasteiger partial charge in [-0.05, 0) is 76.0 Å². The van der Waals surface area contributed by atoms with Crippen LogP contribution >= 0.6 is 0 Å². The predicted octanol–water partition coefficient (Wildman–Crippen LogP) is 6.01. The molecule has 2 aromatic carbocycles. The summed E-state index contributed by atoms with van der Waals surface area (Å²) in [5.74, 6) is 1.90. The molecule has 1 N–H and O–H groups in total. The van der Waals surface area contributed by atoms with Gasteiger partial charge in [0.05, 0.1) is 11.0 Å². The largest absolute Gasteiger partial charge is 0.347 e. The Morgan fingerprint density at radius 1 is 1.03 bits per heavy atom. The number of fused-ring (bicyclic) bond motifs is 2. The minimum atomic E-state index is 0.936. The van der Waals surface area contributed by atoms with E-state index in [4.69, 9.17) is 4.98 Å². The van der Waals surface area contributed by atoms with Crippen LogP contribution in [-0.4, -0.2) is 39.6 Å². The Hall–Kier alpha value is -2.59. The topological polar surface area (TPSA) is 36.9 Å². The van der Waals surface area contributed by atoms with E-state index in [1.807, 2.05) is 0 Å². The number of aromatic amines is 1. The summed E-state index contributed by atoms with van der Waals surface area (Å²) in [6.45, 7) is 5.77. The fourth-order valence-corrected chi connectivity index (χ4v) is 4.99. The number of hydrogen-bond acceptors (Lipinski definition) is 2. The third-order valence-corrected chi connectivity index (χ3v) is 6.88. The molecule has 1 aliphatic heterocycles. The fraction of sp³-hybridized carbons (Fsp3) is 0.423. The second-order valence-electron chi connectivity index (χ2n) is 9.05. The summed E-state index contributed by atoms with van der Waals surface area (Å²) in [4.78, 5) is 10.9. The van der Waals surface area contributed by atoms with E-state index in [2.05, 4.69) is 77.1 Å². The Morgan fingerprint density at radius 3 is 2.70 bits per heavy atom. The molecule has 4 nitrogen and oxygen atoms in total. The van der Waals surface area contributed by atoms with Gasteiger partial charge in [0.1, 0.15) is 5.82 Å². The molecule has 0 spiro atoms. The molecule has 1 fully saturated rings. The molecule has 30 heavy (non-hydrogen) atoms. The molecular weight excluding hydrogens is 368 g/mol. The number of para-hydroxylation sites is 1. The van der Waals surface area contributed by atoms with Crippen molar-refractivity contribution < 1.29 is 0 Å². The molecule has 4 heteroatoms. The Morgan fingerprint density at radius 2 is 1.87 bits per heavy atom. The number of nitrogens with one attached hydrogen (secondary N) is 1. The molecule has 0 radical (unpaired) electrons. The number of piperidine rings is 1. The number of imidazole rings is 1. The van der Waals surface area contributed by atoms with Crippen molar-refractivity contribution in [1.82, 2.24) is 19.4 Å². The number of aromatic nitrogens is 3. The van der Waals surface area contributed by atoms with Gasteiger partial charge < -0.3 is 14.5 Å². The first-order valence-electron chi connectivity index (χ1n) is 11.4. The van der Waals surface area contributed by atoms with Crippen LogP contribution < -0.4 is 0 Å². The van der Waals surface area contributed by atoms with Gasteiger partial charge in [-0.25, -0.2) is 4.98 Å². The van der Waals surface area contributed by atoms with Crippen molar-refractivity contribution in [1.29, 1.82) is 0 Å². The zero-order valence-corrected chi connectivity index (χ0v) is 18.2. The van der Waals surface area contributed by atoms with E-state index < -0.39 is 0 Å². The average molecular weight is 401 g/mol. The molecule has 1 saturated heterocycles. The molecule has 2 aromatic heterocycles. The molecule has 156 valence electrons. The van der Waals surface area contributed by atoms with E-state index in [1.54, 1.807) is 0 Å². The summed E-state index contributed by atoms with van der Waals surface area (Å²) in [5.41, 5.74) is 5.88. The molecular formula is C26H32N4. The monoisotopic (exact) mass is 400 g/mol. The van der Waals surface area contributed by atoms with E-state index in [0.717, 1.165) is 29.3 Å². The van der Waals surface area contributed by atoms with E-state index in [1.165, 1.54) is 67.2 Å². The predicted molar refractivity (Wildman–Crippen MR) is 126 cm³/mol. The summed E-state index contributed by atoms with van der Waals surface area (Å²) in [5, 5.41) is 1.28. The Bertz CT molecular complexity index is 1140. The van der Waals surface area contributed by atoms with Gasteiger partial charge >= 0.3 is 0 Å². The highest BCUT2D eigenvalue weighted by Crippen LogP contribution is 2.30. The molecule has 0 atom stereocenters. The standard InChI is InChI=1S/C26H32N4/c1-19-7-5-10-23-25(19)28-26(27-23)22-9-6-11-24-21(22)14-18-30(24)15-4-3-8-20-12-16-29(2)17-13-20/h5-7,9-11,14,18,20H,3-4,8,12-13,15-17H2,1-2H3,(H,27,28). The van der Waals surface area contributed by atoms with Crippen LogP contribution in [0.15, 0.2) is 48.7 Å². The van der Waals surface area contributed by atoms with Crippen molar-refractivity contribution in [2.45, 2.75) is 45.6 Å². The highest BCUT2D eigenvalue weighted by atomic mass is 15.1. The van der Waals surface area contributed by atoms with Gasteiger partial charge in [0, 0.05) is 29.2 Å². The van der Waals surface area contributed by atoms with Crippen LogP contribution in [0.5, 0.6) is 0 Å². The lowest BCUT2D eigenvalue weighted by Gasteiger charge is -2.28. The summed E-state index contributed by atoms with van der Waals surface area (Å²) in [6, 6.07) is 15.1. The maximum Gasteiger partial charge on any atom is 0.139 e. The van der Waals surface area contributed by atoms with Crippen LogP contribution in [0, 0.1) is 12.8 Å². The number of aryl methyl sites for hydroxylation is 2. The number of nitrogens with zero attached hydrogens (tertiary/aromatic N) is 3. The van der Waals surface area contributed by atoms with E-state index in [9.17, 15) is 0 Å². The lowest BCUT2D eigenvalue weighted by molar-refractivity contribution is 0.209. The first-order chi connectivity index (χ1) is 14.7. The van der Waals surface area contributed by atoms with Gasteiger partial charge in [-0.3, -0.25) is 0 Å². The van der Waals surface area contributed by atoms with E-state index in [0.29, 0.717) is 0 Å². The van der Waals surface area contributed by atoms with Gasteiger partial charge in [-0.1, -0.05) is 37.1 Å². The van der Waals surface area contributed by atoms with Crippen LogP contribution in [0.3, 0.4) is 0 Å². The molecule has 0 bridgehead atoms. The third-order valence-electron chi connectivity index (χ3n) is 6.88. The quantitative estimate of drug-likeness (QED) is 0.403. The molecule has 0 amide bonds. The van der Waals surface area contributed by atoms with Crippen LogP contribution in [0.1, 0.15) is 37.7 Å². The highest BCUT2D eigenvalue weighted by molar-refractivity contribution is 5.95. The second kappa shape index (κ2) is 8.27. The Balaban J connectivity index is 1.30. The SMILES string of the molecule is Cc1cccc2[nH]c(-c3cccc4c3ccn4CCCCC3CCN(C)CC3)nc12.